The lowest BCUT2D eigenvalue weighted by molar-refractivity contribution is -0.172. The predicted molar refractivity (Wildman–Crippen MR) is 56.7 cm³/mol. The number of carbonyl (C=O) groups is 1. The highest BCUT2D eigenvalue weighted by molar-refractivity contribution is 5.94. The Morgan fingerprint density at radius 1 is 1.44 bits per heavy atom. The summed E-state index contributed by atoms with van der Waals surface area (Å²) in [6.45, 7) is 1.77. The minimum Gasteiger partial charge on any atom is -0.337 e. The summed E-state index contributed by atoms with van der Waals surface area (Å²) < 4.78 is 36.9. The van der Waals surface area contributed by atoms with E-state index in [-0.39, 0.29) is 19.0 Å². The monoisotopic (exact) mass is 259 g/mol. The Kier molecular flexibility index (Phi) is 3.00. The van der Waals surface area contributed by atoms with Gasteiger partial charge in [-0.15, -0.1) is 0 Å². The van der Waals surface area contributed by atoms with Crippen LogP contribution in [0, 0.1) is 5.41 Å². The molecule has 0 spiro atoms. The van der Waals surface area contributed by atoms with Crippen LogP contribution in [-0.2, 0) is 0 Å². The van der Waals surface area contributed by atoms with Crippen LogP contribution in [0.3, 0.4) is 0 Å². The van der Waals surface area contributed by atoms with Gasteiger partial charge in [0.2, 0.25) is 0 Å². The van der Waals surface area contributed by atoms with Gasteiger partial charge in [0.1, 0.15) is 0 Å². The van der Waals surface area contributed by atoms with Crippen LogP contribution in [0.5, 0.6) is 0 Å². The Labute approximate surface area is 102 Å². The fraction of sp³-hybridized carbons (Fsp3) is 0.545. The smallest absolute Gasteiger partial charge is 0.337 e. The topological polar surface area (TPSA) is 46.1 Å². The van der Waals surface area contributed by atoms with E-state index in [1.54, 1.807) is 0 Å². The number of aromatic nitrogens is 2. The molecule has 7 heteroatoms. The Balaban J connectivity index is 1.95. The van der Waals surface area contributed by atoms with Crippen LogP contribution in [0.4, 0.5) is 13.2 Å². The quantitative estimate of drug-likeness (QED) is 0.814. The SMILES string of the molecule is CC1(CC(F)(F)F)CN(C(=O)c2ccnnc2)C1. The van der Waals surface area contributed by atoms with Gasteiger partial charge in [0.15, 0.2) is 0 Å². The molecule has 4 nitrogen and oxygen atoms in total. The number of likely N-dealkylation sites (tertiary alicyclic amines) is 1. The number of hydrogen-bond donors (Lipinski definition) is 0. The maximum atomic E-state index is 12.3. The largest absolute Gasteiger partial charge is 0.389 e. The molecule has 0 N–H and O–H groups in total. The van der Waals surface area contributed by atoms with Gasteiger partial charge < -0.3 is 4.90 Å². The molecule has 1 fully saturated rings. The molecule has 0 atom stereocenters. The van der Waals surface area contributed by atoms with Crippen molar-refractivity contribution in [2.24, 2.45) is 5.41 Å². The highest BCUT2D eigenvalue weighted by atomic mass is 19.4. The summed E-state index contributed by atoms with van der Waals surface area (Å²) in [5.41, 5.74) is -0.520. The van der Waals surface area contributed by atoms with E-state index in [4.69, 9.17) is 0 Å². The summed E-state index contributed by atoms with van der Waals surface area (Å²) in [7, 11) is 0. The van der Waals surface area contributed by atoms with Gasteiger partial charge in [0, 0.05) is 18.5 Å². The lowest BCUT2D eigenvalue weighted by atomic mass is 9.78. The lowest BCUT2D eigenvalue weighted by Gasteiger charge is -2.48. The molecule has 1 amide bonds. The van der Waals surface area contributed by atoms with Gasteiger partial charge in [0.25, 0.3) is 5.91 Å². The number of amides is 1. The van der Waals surface area contributed by atoms with Crippen LogP contribution in [0.15, 0.2) is 18.5 Å². The van der Waals surface area contributed by atoms with Crippen molar-refractivity contribution in [2.75, 3.05) is 13.1 Å². The van der Waals surface area contributed by atoms with E-state index in [1.165, 1.54) is 30.3 Å². The molecule has 2 heterocycles. The van der Waals surface area contributed by atoms with Gasteiger partial charge in [-0.05, 0) is 6.07 Å². The molecule has 2 rings (SSSR count). The molecule has 1 aliphatic rings. The fourth-order valence-corrected chi connectivity index (χ4v) is 2.21. The molecule has 1 saturated heterocycles. The summed E-state index contributed by atoms with van der Waals surface area (Å²) in [4.78, 5) is 13.2. The zero-order valence-corrected chi connectivity index (χ0v) is 9.74. The second-order valence-electron chi connectivity index (χ2n) is 4.89. The van der Waals surface area contributed by atoms with Crippen molar-refractivity contribution >= 4 is 5.91 Å². The number of nitrogens with zero attached hydrogens (tertiary/aromatic N) is 3. The first-order valence-corrected chi connectivity index (χ1v) is 5.42. The van der Waals surface area contributed by atoms with Crippen molar-refractivity contribution < 1.29 is 18.0 Å². The van der Waals surface area contributed by atoms with E-state index in [2.05, 4.69) is 10.2 Å². The third-order valence-corrected chi connectivity index (χ3v) is 2.89. The number of carbonyl (C=O) groups excluding carboxylic acids is 1. The standard InChI is InChI=1S/C11H12F3N3O/c1-10(5-11(12,13)14)6-17(7-10)9(18)8-2-3-15-16-4-8/h2-4H,5-7H2,1H3. The van der Waals surface area contributed by atoms with E-state index in [0.29, 0.717) is 5.56 Å². The van der Waals surface area contributed by atoms with Gasteiger partial charge in [-0.3, -0.25) is 4.79 Å². The number of hydrogen-bond acceptors (Lipinski definition) is 3. The van der Waals surface area contributed by atoms with Crippen LogP contribution in [0.25, 0.3) is 0 Å². The molecule has 0 bridgehead atoms. The molecule has 1 aliphatic heterocycles. The first kappa shape index (κ1) is 12.8. The van der Waals surface area contributed by atoms with Gasteiger partial charge in [-0.1, -0.05) is 6.92 Å². The number of alkyl halides is 3. The van der Waals surface area contributed by atoms with Crippen LogP contribution in [0.2, 0.25) is 0 Å². The first-order chi connectivity index (χ1) is 8.29. The van der Waals surface area contributed by atoms with Gasteiger partial charge >= 0.3 is 6.18 Å². The van der Waals surface area contributed by atoms with Gasteiger partial charge in [-0.25, -0.2) is 0 Å². The molecule has 18 heavy (non-hydrogen) atoms. The highest BCUT2D eigenvalue weighted by Gasteiger charge is 2.48. The molecule has 0 unspecified atom stereocenters. The molecule has 1 aromatic rings. The second kappa shape index (κ2) is 4.22. The molecule has 0 saturated carbocycles. The Bertz CT molecular complexity index is 441. The third kappa shape index (κ3) is 2.77. The van der Waals surface area contributed by atoms with Crippen molar-refractivity contribution in [3.8, 4) is 0 Å². The molecule has 0 radical (unpaired) electrons. The average molecular weight is 259 g/mol. The highest BCUT2D eigenvalue weighted by Crippen LogP contribution is 2.40. The first-order valence-electron chi connectivity index (χ1n) is 5.42. The van der Waals surface area contributed by atoms with E-state index < -0.39 is 18.0 Å². The lowest BCUT2D eigenvalue weighted by Crippen LogP contribution is -2.58. The number of rotatable bonds is 2. The normalized spacial score (nSPS) is 18.3. The van der Waals surface area contributed by atoms with Crippen molar-refractivity contribution in [1.82, 2.24) is 15.1 Å². The maximum Gasteiger partial charge on any atom is 0.389 e. The predicted octanol–water partition coefficient (Wildman–Crippen LogP) is 1.89. The summed E-state index contributed by atoms with van der Waals surface area (Å²) in [5.74, 6) is -0.301. The zero-order valence-electron chi connectivity index (χ0n) is 9.74. The minimum atomic E-state index is -4.19. The Hall–Kier alpha value is -1.66. The Morgan fingerprint density at radius 3 is 2.61 bits per heavy atom. The molecule has 1 aromatic heterocycles. The second-order valence-corrected chi connectivity index (χ2v) is 4.89. The molecule has 98 valence electrons. The van der Waals surface area contributed by atoms with Crippen molar-refractivity contribution in [3.05, 3.63) is 24.0 Å². The summed E-state index contributed by atoms with van der Waals surface area (Å²) >= 11 is 0. The van der Waals surface area contributed by atoms with Crippen LogP contribution < -0.4 is 0 Å². The maximum absolute atomic E-state index is 12.3. The van der Waals surface area contributed by atoms with Crippen LogP contribution >= 0.6 is 0 Å². The van der Waals surface area contributed by atoms with Crippen molar-refractivity contribution in [2.45, 2.75) is 19.5 Å². The average Bonchev–Trinajstić information content (AvgIpc) is 2.23. The summed E-state index contributed by atoms with van der Waals surface area (Å²) in [6.07, 6.45) is -2.37. The van der Waals surface area contributed by atoms with E-state index in [0.717, 1.165) is 0 Å². The van der Waals surface area contributed by atoms with Gasteiger partial charge in [0.05, 0.1) is 24.4 Å². The van der Waals surface area contributed by atoms with E-state index in [9.17, 15) is 18.0 Å². The molecular formula is C11H12F3N3O. The molecule has 0 aliphatic carbocycles. The summed E-state index contributed by atoms with van der Waals surface area (Å²) in [6, 6.07) is 1.49. The Morgan fingerprint density at radius 2 is 2.11 bits per heavy atom. The third-order valence-electron chi connectivity index (χ3n) is 2.89. The van der Waals surface area contributed by atoms with Crippen molar-refractivity contribution in [3.63, 3.8) is 0 Å². The number of halogens is 3. The van der Waals surface area contributed by atoms with Gasteiger partial charge in [-0.2, -0.15) is 23.4 Å². The van der Waals surface area contributed by atoms with Crippen LogP contribution in [0.1, 0.15) is 23.7 Å². The van der Waals surface area contributed by atoms with Crippen LogP contribution in [-0.4, -0.2) is 40.3 Å². The zero-order chi connectivity index (χ0) is 13.4. The fourth-order valence-electron chi connectivity index (χ4n) is 2.21. The van der Waals surface area contributed by atoms with Crippen molar-refractivity contribution in [1.29, 1.82) is 0 Å². The molecular weight excluding hydrogens is 247 g/mol. The van der Waals surface area contributed by atoms with E-state index >= 15 is 0 Å². The molecule has 0 aromatic carbocycles. The summed E-state index contributed by atoms with van der Waals surface area (Å²) in [5, 5.41) is 7.10. The minimum absolute atomic E-state index is 0.119. The van der Waals surface area contributed by atoms with E-state index in [1.807, 2.05) is 0 Å².